The molecular formula is C17H19N3O3S. The summed E-state index contributed by atoms with van der Waals surface area (Å²) in [4.78, 5) is 10.1. The fraction of sp³-hybridized carbons (Fsp3) is 0.235. The maximum absolute atomic E-state index is 10.6. The molecule has 126 valence electrons. The number of nitro groups is 1. The lowest BCUT2D eigenvalue weighted by Crippen LogP contribution is -2.38. The third-order valence-corrected chi connectivity index (χ3v) is 3.78. The summed E-state index contributed by atoms with van der Waals surface area (Å²) >= 11 is 5.17. The van der Waals surface area contributed by atoms with Crippen LogP contribution in [-0.2, 0) is 6.42 Å². The lowest BCUT2D eigenvalue weighted by Gasteiger charge is -2.14. The Bertz CT molecular complexity index is 677. The molecule has 0 unspecified atom stereocenters. The van der Waals surface area contributed by atoms with Crippen molar-refractivity contribution in [1.82, 2.24) is 10.6 Å². The molecule has 0 heterocycles. The van der Waals surface area contributed by atoms with Crippen LogP contribution in [-0.4, -0.2) is 28.2 Å². The molecule has 1 atom stereocenters. The van der Waals surface area contributed by atoms with Crippen molar-refractivity contribution in [3.8, 4) is 0 Å². The molecule has 0 spiro atoms. The van der Waals surface area contributed by atoms with E-state index >= 15 is 0 Å². The molecule has 0 amide bonds. The van der Waals surface area contributed by atoms with Crippen LogP contribution in [0.1, 0.15) is 17.2 Å². The monoisotopic (exact) mass is 345 g/mol. The molecule has 2 rings (SSSR count). The van der Waals surface area contributed by atoms with Gasteiger partial charge in [0.05, 0.1) is 11.0 Å². The van der Waals surface area contributed by atoms with E-state index in [1.165, 1.54) is 29.8 Å². The van der Waals surface area contributed by atoms with Crippen molar-refractivity contribution >= 4 is 23.0 Å². The van der Waals surface area contributed by atoms with Crippen molar-refractivity contribution < 1.29 is 10.0 Å². The third-order valence-electron chi connectivity index (χ3n) is 3.49. The molecule has 0 fully saturated rings. The van der Waals surface area contributed by atoms with E-state index in [2.05, 4.69) is 22.8 Å². The van der Waals surface area contributed by atoms with Crippen LogP contribution < -0.4 is 10.6 Å². The average molecular weight is 345 g/mol. The first-order chi connectivity index (χ1) is 11.6. The van der Waals surface area contributed by atoms with Gasteiger partial charge < -0.3 is 15.7 Å². The highest BCUT2D eigenvalue weighted by atomic mass is 32.1. The van der Waals surface area contributed by atoms with E-state index in [9.17, 15) is 15.2 Å². The van der Waals surface area contributed by atoms with E-state index in [0.29, 0.717) is 17.2 Å². The predicted molar refractivity (Wildman–Crippen MR) is 96.8 cm³/mol. The van der Waals surface area contributed by atoms with E-state index in [1.807, 2.05) is 18.2 Å². The Morgan fingerprint density at radius 2 is 1.79 bits per heavy atom. The van der Waals surface area contributed by atoms with Crippen molar-refractivity contribution in [2.75, 3.05) is 13.1 Å². The van der Waals surface area contributed by atoms with Gasteiger partial charge in [-0.05, 0) is 41.9 Å². The standard InChI is InChI=1S/C17H19N3O3S/c21-16(14-6-8-15(9-7-14)20(22)23)12-19-17(24)18-11-10-13-4-2-1-3-5-13/h1-9,16,21H,10-12H2,(H2,18,19,24)/t16-/m0/s1. The SMILES string of the molecule is O=[N+]([O-])c1ccc([C@@H](O)CNC(=S)NCCc2ccccc2)cc1. The maximum Gasteiger partial charge on any atom is 0.269 e. The van der Waals surface area contributed by atoms with Gasteiger partial charge in [-0.1, -0.05) is 30.3 Å². The predicted octanol–water partition coefficient (Wildman–Crippen LogP) is 2.33. The molecule has 2 aromatic carbocycles. The summed E-state index contributed by atoms with van der Waals surface area (Å²) in [6.07, 6.45) is 0.0628. The maximum atomic E-state index is 10.6. The first kappa shape index (κ1) is 17.8. The molecule has 3 N–H and O–H groups in total. The highest BCUT2D eigenvalue weighted by Crippen LogP contribution is 2.17. The van der Waals surface area contributed by atoms with Gasteiger partial charge in [0.2, 0.25) is 0 Å². The van der Waals surface area contributed by atoms with Crippen molar-refractivity contribution in [3.05, 3.63) is 75.8 Å². The molecule has 6 nitrogen and oxygen atoms in total. The Kier molecular flexibility index (Phi) is 6.65. The van der Waals surface area contributed by atoms with Gasteiger partial charge >= 0.3 is 0 Å². The number of hydrogen-bond acceptors (Lipinski definition) is 4. The average Bonchev–Trinajstić information content (AvgIpc) is 2.60. The smallest absolute Gasteiger partial charge is 0.269 e. The Hall–Kier alpha value is -2.51. The Labute approximate surface area is 145 Å². The topological polar surface area (TPSA) is 87.4 Å². The molecule has 0 aliphatic heterocycles. The van der Waals surface area contributed by atoms with Crippen LogP contribution in [0, 0.1) is 10.1 Å². The molecule has 7 heteroatoms. The molecule has 24 heavy (non-hydrogen) atoms. The van der Waals surface area contributed by atoms with E-state index in [1.54, 1.807) is 0 Å². The number of aliphatic hydroxyl groups excluding tert-OH is 1. The number of nitrogens with zero attached hydrogens (tertiary/aromatic N) is 1. The highest BCUT2D eigenvalue weighted by molar-refractivity contribution is 7.80. The summed E-state index contributed by atoms with van der Waals surface area (Å²) in [5, 5.41) is 27.2. The Morgan fingerprint density at radius 1 is 1.12 bits per heavy atom. The summed E-state index contributed by atoms with van der Waals surface area (Å²) in [5.41, 5.74) is 1.82. The minimum absolute atomic E-state index is 0.00277. The normalized spacial score (nSPS) is 11.5. The zero-order chi connectivity index (χ0) is 17.4. The number of aliphatic hydroxyl groups is 1. The van der Waals surface area contributed by atoms with Crippen LogP contribution in [0.25, 0.3) is 0 Å². The first-order valence-corrected chi connectivity index (χ1v) is 7.95. The molecule has 0 bridgehead atoms. The van der Waals surface area contributed by atoms with Crippen LogP contribution in [0.15, 0.2) is 54.6 Å². The molecule has 0 aliphatic carbocycles. The van der Waals surface area contributed by atoms with Crippen LogP contribution in [0.5, 0.6) is 0 Å². The van der Waals surface area contributed by atoms with Crippen LogP contribution >= 0.6 is 12.2 Å². The van der Waals surface area contributed by atoms with Gasteiger partial charge in [-0.2, -0.15) is 0 Å². The fourth-order valence-corrected chi connectivity index (χ4v) is 2.34. The molecule has 0 saturated carbocycles. The van der Waals surface area contributed by atoms with E-state index < -0.39 is 11.0 Å². The van der Waals surface area contributed by atoms with Crippen molar-refractivity contribution in [1.29, 1.82) is 0 Å². The second-order valence-corrected chi connectivity index (χ2v) is 5.65. The number of non-ortho nitro benzene ring substituents is 1. The van der Waals surface area contributed by atoms with Crippen LogP contribution in [0.2, 0.25) is 0 Å². The van der Waals surface area contributed by atoms with Gasteiger partial charge in [0, 0.05) is 25.2 Å². The second kappa shape index (κ2) is 8.95. The third kappa shape index (κ3) is 5.60. The molecule has 0 saturated heterocycles. The van der Waals surface area contributed by atoms with Gasteiger partial charge in [-0.15, -0.1) is 0 Å². The summed E-state index contributed by atoms with van der Waals surface area (Å²) in [6, 6.07) is 15.9. The zero-order valence-electron chi connectivity index (χ0n) is 13.0. The summed E-state index contributed by atoms with van der Waals surface area (Å²) in [7, 11) is 0. The number of thiocarbonyl (C=S) groups is 1. The van der Waals surface area contributed by atoms with Crippen molar-refractivity contribution in [2.24, 2.45) is 0 Å². The van der Waals surface area contributed by atoms with Crippen molar-refractivity contribution in [3.63, 3.8) is 0 Å². The molecule has 0 radical (unpaired) electrons. The summed E-state index contributed by atoms with van der Waals surface area (Å²) < 4.78 is 0. The molecule has 0 aromatic heterocycles. The van der Waals surface area contributed by atoms with Gasteiger partial charge in [-0.25, -0.2) is 0 Å². The minimum Gasteiger partial charge on any atom is -0.387 e. The second-order valence-electron chi connectivity index (χ2n) is 5.24. The van der Waals surface area contributed by atoms with Gasteiger partial charge in [-0.3, -0.25) is 10.1 Å². The Balaban J connectivity index is 1.71. The summed E-state index contributed by atoms with van der Waals surface area (Å²) in [6.45, 7) is 0.929. The number of hydrogen-bond donors (Lipinski definition) is 3. The summed E-state index contributed by atoms with van der Waals surface area (Å²) in [5.74, 6) is 0. The van der Waals surface area contributed by atoms with E-state index in [-0.39, 0.29) is 12.2 Å². The zero-order valence-corrected chi connectivity index (χ0v) is 13.8. The minimum atomic E-state index is -0.792. The fourth-order valence-electron chi connectivity index (χ4n) is 2.15. The molecule has 2 aromatic rings. The quantitative estimate of drug-likeness (QED) is 0.406. The first-order valence-electron chi connectivity index (χ1n) is 7.54. The van der Waals surface area contributed by atoms with Crippen molar-refractivity contribution in [2.45, 2.75) is 12.5 Å². The van der Waals surface area contributed by atoms with E-state index in [4.69, 9.17) is 12.2 Å². The number of benzene rings is 2. The van der Waals surface area contributed by atoms with E-state index in [0.717, 1.165) is 6.42 Å². The van der Waals surface area contributed by atoms with Gasteiger partial charge in [0.1, 0.15) is 0 Å². The lowest BCUT2D eigenvalue weighted by molar-refractivity contribution is -0.384. The molecular weight excluding hydrogens is 326 g/mol. The largest absolute Gasteiger partial charge is 0.387 e. The number of nitrogens with one attached hydrogen (secondary N) is 2. The highest BCUT2D eigenvalue weighted by Gasteiger charge is 2.10. The number of nitro benzene ring substituents is 1. The lowest BCUT2D eigenvalue weighted by atomic mass is 10.1. The molecule has 0 aliphatic rings. The van der Waals surface area contributed by atoms with Crippen LogP contribution in [0.3, 0.4) is 0 Å². The number of rotatable bonds is 7. The van der Waals surface area contributed by atoms with Gasteiger partial charge in [0.25, 0.3) is 5.69 Å². The Morgan fingerprint density at radius 3 is 2.42 bits per heavy atom. The van der Waals surface area contributed by atoms with Crippen LogP contribution in [0.4, 0.5) is 5.69 Å². The van der Waals surface area contributed by atoms with Gasteiger partial charge in [0.15, 0.2) is 5.11 Å².